The number of piperidine rings is 1. The Balaban J connectivity index is 1.53. The number of aliphatic hydroxyl groups is 1. The predicted molar refractivity (Wildman–Crippen MR) is 102 cm³/mol. The first-order valence-corrected chi connectivity index (χ1v) is 9.98. The largest absolute Gasteiger partial charge is 0.487 e. The standard InChI is InChI=1S/C21H34N2O2/c1-17-9-4-5-11-19(17)25-20-12-8-10-18(21(20)24)22(2)15-16-23-13-6-3-7-14-23/h4-5,9,11,18,20-21,24H,3,6-8,10,12-16H2,1-2H3/t18-,20+,21+/m0/s1. The summed E-state index contributed by atoms with van der Waals surface area (Å²) in [6, 6.07) is 8.29. The molecule has 3 rings (SSSR count). The first-order chi connectivity index (χ1) is 12.1. The summed E-state index contributed by atoms with van der Waals surface area (Å²) in [5.74, 6) is 0.906. The first kappa shape index (κ1) is 18.7. The van der Waals surface area contributed by atoms with Crippen LogP contribution in [0.25, 0.3) is 0 Å². The van der Waals surface area contributed by atoms with E-state index >= 15 is 0 Å². The van der Waals surface area contributed by atoms with Crippen molar-refractivity contribution in [2.45, 2.75) is 63.7 Å². The van der Waals surface area contributed by atoms with E-state index in [-0.39, 0.29) is 12.1 Å². The molecule has 0 amide bonds. The number of benzene rings is 1. The number of rotatable bonds is 6. The third-order valence-electron chi connectivity index (χ3n) is 5.92. The van der Waals surface area contributed by atoms with E-state index in [2.05, 4.69) is 29.8 Å². The minimum atomic E-state index is -0.417. The molecule has 1 aromatic carbocycles. The lowest BCUT2D eigenvalue weighted by atomic mass is 9.89. The van der Waals surface area contributed by atoms with Gasteiger partial charge in [-0.1, -0.05) is 24.6 Å². The normalized spacial score (nSPS) is 28.2. The second-order valence-electron chi connectivity index (χ2n) is 7.79. The smallest absolute Gasteiger partial charge is 0.126 e. The summed E-state index contributed by atoms with van der Waals surface area (Å²) in [5, 5.41) is 10.9. The van der Waals surface area contributed by atoms with E-state index in [1.165, 1.54) is 32.4 Å². The van der Waals surface area contributed by atoms with Crippen molar-refractivity contribution in [1.29, 1.82) is 0 Å². The highest BCUT2D eigenvalue weighted by Crippen LogP contribution is 2.28. The molecule has 1 N–H and O–H groups in total. The van der Waals surface area contributed by atoms with E-state index < -0.39 is 6.10 Å². The van der Waals surface area contributed by atoms with Crippen LogP contribution in [-0.4, -0.2) is 66.4 Å². The molecule has 0 bridgehead atoms. The van der Waals surface area contributed by atoms with Gasteiger partial charge in [-0.15, -0.1) is 0 Å². The molecular formula is C21H34N2O2. The average Bonchev–Trinajstić information content (AvgIpc) is 2.64. The molecule has 4 nitrogen and oxygen atoms in total. The van der Waals surface area contributed by atoms with Gasteiger partial charge < -0.3 is 14.7 Å². The number of aliphatic hydroxyl groups excluding tert-OH is 1. The lowest BCUT2D eigenvalue weighted by Crippen LogP contribution is -2.53. The molecule has 1 aromatic rings. The van der Waals surface area contributed by atoms with Gasteiger partial charge in [0.25, 0.3) is 0 Å². The maximum absolute atomic E-state index is 10.9. The van der Waals surface area contributed by atoms with Crippen LogP contribution < -0.4 is 4.74 Å². The van der Waals surface area contributed by atoms with Crippen LogP contribution in [0.15, 0.2) is 24.3 Å². The fourth-order valence-corrected chi connectivity index (χ4v) is 4.23. The molecule has 1 heterocycles. The number of hydrogen-bond acceptors (Lipinski definition) is 4. The summed E-state index contributed by atoms with van der Waals surface area (Å²) in [4.78, 5) is 4.92. The number of para-hydroxylation sites is 1. The van der Waals surface area contributed by atoms with Crippen LogP contribution in [0.5, 0.6) is 5.75 Å². The molecule has 0 unspecified atom stereocenters. The number of likely N-dealkylation sites (N-methyl/N-ethyl adjacent to an activating group) is 1. The topological polar surface area (TPSA) is 35.9 Å². The molecule has 25 heavy (non-hydrogen) atoms. The molecule has 0 aromatic heterocycles. The van der Waals surface area contributed by atoms with Gasteiger partial charge in [-0.25, -0.2) is 0 Å². The van der Waals surface area contributed by atoms with Crippen LogP contribution in [-0.2, 0) is 0 Å². The molecule has 0 radical (unpaired) electrons. The van der Waals surface area contributed by atoms with Gasteiger partial charge in [0.05, 0.1) is 0 Å². The predicted octanol–water partition coefficient (Wildman–Crippen LogP) is 3.07. The van der Waals surface area contributed by atoms with Crippen LogP contribution in [0.4, 0.5) is 0 Å². The van der Waals surface area contributed by atoms with Gasteiger partial charge in [-0.2, -0.15) is 0 Å². The van der Waals surface area contributed by atoms with Crippen LogP contribution in [0.3, 0.4) is 0 Å². The third-order valence-corrected chi connectivity index (χ3v) is 5.92. The van der Waals surface area contributed by atoms with Crippen molar-refractivity contribution in [2.75, 3.05) is 33.2 Å². The number of nitrogens with zero attached hydrogens (tertiary/aromatic N) is 2. The van der Waals surface area contributed by atoms with Crippen LogP contribution >= 0.6 is 0 Å². The number of likely N-dealkylation sites (tertiary alicyclic amines) is 1. The summed E-state index contributed by atoms with van der Waals surface area (Å²) in [6.07, 6.45) is 6.65. The fraction of sp³-hybridized carbons (Fsp3) is 0.714. The molecule has 2 fully saturated rings. The SMILES string of the molecule is Cc1ccccc1O[C@@H]1CCC[C@H](N(C)CCN2CCCCC2)[C@H]1O. The van der Waals surface area contributed by atoms with Crippen molar-refractivity contribution in [3.63, 3.8) is 0 Å². The van der Waals surface area contributed by atoms with Crippen molar-refractivity contribution in [2.24, 2.45) is 0 Å². The van der Waals surface area contributed by atoms with Gasteiger partial charge in [0.15, 0.2) is 0 Å². The first-order valence-electron chi connectivity index (χ1n) is 9.98. The molecular weight excluding hydrogens is 312 g/mol. The molecule has 0 spiro atoms. The van der Waals surface area contributed by atoms with E-state index in [0.29, 0.717) is 0 Å². The Morgan fingerprint density at radius 3 is 2.64 bits per heavy atom. The Bertz CT molecular complexity index is 530. The van der Waals surface area contributed by atoms with Gasteiger partial charge in [0.2, 0.25) is 0 Å². The van der Waals surface area contributed by atoms with Crippen molar-refractivity contribution in [1.82, 2.24) is 9.80 Å². The van der Waals surface area contributed by atoms with E-state index in [1.807, 2.05) is 18.2 Å². The van der Waals surface area contributed by atoms with Crippen LogP contribution in [0.2, 0.25) is 0 Å². The quantitative estimate of drug-likeness (QED) is 0.859. The minimum absolute atomic E-state index is 0.0997. The van der Waals surface area contributed by atoms with Crippen LogP contribution in [0.1, 0.15) is 44.1 Å². The Hall–Kier alpha value is -1.10. The van der Waals surface area contributed by atoms with E-state index in [4.69, 9.17) is 4.74 Å². The summed E-state index contributed by atoms with van der Waals surface area (Å²) in [6.45, 7) is 6.68. The molecule has 2 aliphatic rings. The zero-order valence-electron chi connectivity index (χ0n) is 15.9. The molecule has 1 aliphatic heterocycles. The average molecular weight is 347 g/mol. The minimum Gasteiger partial charge on any atom is -0.487 e. The highest BCUT2D eigenvalue weighted by atomic mass is 16.5. The van der Waals surface area contributed by atoms with Crippen molar-refractivity contribution in [3.8, 4) is 5.75 Å². The molecule has 1 saturated carbocycles. The zero-order chi connectivity index (χ0) is 17.6. The summed E-state index contributed by atoms with van der Waals surface area (Å²) in [7, 11) is 2.16. The third kappa shape index (κ3) is 4.96. The van der Waals surface area contributed by atoms with E-state index in [9.17, 15) is 5.11 Å². The molecule has 140 valence electrons. The van der Waals surface area contributed by atoms with E-state index in [0.717, 1.165) is 43.7 Å². The summed E-state index contributed by atoms with van der Waals surface area (Å²) < 4.78 is 6.19. The number of ether oxygens (including phenoxy) is 1. The van der Waals surface area contributed by atoms with Gasteiger partial charge in [0, 0.05) is 19.1 Å². The maximum atomic E-state index is 10.9. The van der Waals surface area contributed by atoms with Crippen molar-refractivity contribution < 1.29 is 9.84 Å². The molecule has 1 saturated heterocycles. The Kier molecular flexibility index (Phi) is 6.74. The lowest BCUT2D eigenvalue weighted by Gasteiger charge is -2.40. The zero-order valence-corrected chi connectivity index (χ0v) is 15.9. The van der Waals surface area contributed by atoms with E-state index in [1.54, 1.807) is 0 Å². The highest BCUT2D eigenvalue weighted by molar-refractivity contribution is 5.32. The van der Waals surface area contributed by atoms with Gasteiger partial charge in [0.1, 0.15) is 18.0 Å². The maximum Gasteiger partial charge on any atom is 0.126 e. The van der Waals surface area contributed by atoms with Crippen molar-refractivity contribution >= 4 is 0 Å². The Morgan fingerprint density at radius 2 is 1.88 bits per heavy atom. The van der Waals surface area contributed by atoms with Gasteiger partial charge >= 0.3 is 0 Å². The summed E-state index contributed by atoms with van der Waals surface area (Å²) in [5.41, 5.74) is 1.13. The Labute approximate surface area is 152 Å². The lowest BCUT2D eigenvalue weighted by molar-refractivity contribution is -0.0488. The monoisotopic (exact) mass is 346 g/mol. The number of hydrogen-bond donors (Lipinski definition) is 1. The van der Waals surface area contributed by atoms with Crippen LogP contribution in [0, 0.1) is 6.92 Å². The molecule has 3 atom stereocenters. The fourth-order valence-electron chi connectivity index (χ4n) is 4.23. The Morgan fingerprint density at radius 1 is 1.12 bits per heavy atom. The van der Waals surface area contributed by atoms with Gasteiger partial charge in [-0.3, -0.25) is 4.90 Å². The second kappa shape index (κ2) is 9.02. The summed E-state index contributed by atoms with van der Waals surface area (Å²) >= 11 is 0. The highest BCUT2D eigenvalue weighted by Gasteiger charge is 2.35. The second-order valence-corrected chi connectivity index (χ2v) is 7.79. The van der Waals surface area contributed by atoms with Gasteiger partial charge in [-0.05, 0) is 70.8 Å². The number of aryl methyl sites for hydroxylation is 1. The van der Waals surface area contributed by atoms with Crippen molar-refractivity contribution in [3.05, 3.63) is 29.8 Å². The molecule has 1 aliphatic carbocycles. The molecule has 4 heteroatoms.